The van der Waals surface area contributed by atoms with Crippen LogP contribution < -0.4 is 5.32 Å². The smallest absolute Gasteiger partial charge is 0.0853 e. The molecule has 142 valence electrons. The van der Waals surface area contributed by atoms with E-state index < -0.39 is 0 Å². The van der Waals surface area contributed by atoms with Crippen molar-refractivity contribution in [1.29, 1.82) is 0 Å². The molecule has 5 heteroatoms. The van der Waals surface area contributed by atoms with Crippen molar-refractivity contribution in [3.05, 3.63) is 29.1 Å². The second-order valence-corrected chi connectivity index (χ2v) is 4.97. The number of hydrogen-bond acceptors (Lipinski definition) is 5. The molecule has 0 spiro atoms. The van der Waals surface area contributed by atoms with E-state index in [4.69, 9.17) is 10.2 Å². The first kappa shape index (κ1) is 25.2. The molecular weight excluding hydrogens is 302 g/mol. The van der Waals surface area contributed by atoms with Gasteiger partial charge in [-0.15, -0.1) is 0 Å². The third-order valence-electron chi connectivity index (χ3n) is 3.46. The third-order valence-corrected chi connectivity index (χ3v) is 3.46. The minimum atomic E-state index is -0.0708. The zero-order valence-electron chi connectivity index (χ0n) is 15.3. The van der Waals surface area contributed by atoms with E-state index in [1.54, 1.807) is 0 Å². The lowest BCUT2D eigenvalue weighted by atomic mass is 10.1. The highest BCUT2D eigenvalue weighted by atomic mass is 16.3. The lowest BCUT2D eigenvalue weighted by Gasteiger charge is -2.27. The third kappa shape index (κ3) is 9.98. The summed E-state index contributed by atoms with van der Waals surface area (Å²) in [7, 11) is 0. The van der Waals surface area contributed by atoms with Crippen LogP contribution in [-0.4, -0.2) is 52.8 Å². The van der Waals surface area contributed by atoms with E-state index in [1.807, 2.05) is 39.8 Å². The molecule has 5 nitrogen and oxygen atoms in total. The van der Waals surface area contributed by atoms with Crippen molar-refractivity contribution in [3.8, 4) is 0 Å². The second kappa shape index (κ2) is 16.8. The lowest BCUT2D eigenvalue weighted by Crippen LogP contribution is -2.43. The average Bonchev–Trinajstić information content (AvgIpc) is 2.65. The van der Waals surface area contributed by atoms with Crippen LogP contribution in [0.2, 0.25) is 0 Å². The molecular formula is C19H39N3O2. The Kier molecular flexibility index (Phi) is 17.7. The Balaban J connectivity index is 0. The monoisotopic (exact) mass is 341 g/mol. The van der Waals surface area contributed by atoms with Crippen molar-refractivity contribution < 1.29 is 10.2 Å². The van der Waals surface area contributed by atoms with Gasteiger partial charge in [0, 0.05) is 26.2 Å². The van der Waals surface area contributed by atoms with Crippen molar-refractivity contribution in [2.45, 2.75) is 61.2 Å². The number of aryl methyl sites for hydroxylation is 1. The SMILES string of the molecule is C.CC.CC.OCc1cc(CCCN2CCNCC2)cc(CO)n1. The van der Waals surface area contributed by atoms with Gasteiger partial charge in [0.1, 0.15) is 0 Å². The maximum Gasteiger partial charge on any atom is 0.0853 e. The zero-order chi connectivity index (χ0) is 17.5. The first-order valence-corrected chi connectivity index (χ1v) is 8.95. The van der Waals surface area contributed by atoms with Crippen LogP contribution >= 0.6 is 0 Å². The fraction of sp³-hybridized carbons (Fsp3) is 0.737. The molecule has 1 fully saturated rings. The van der Waals surface area contributed by atoms with Gasteiger partial charge in [0.05, 0.1) is 24.6 Å². The van der Waals surface area contributed by atoms with Crippen LogP contribution in [0.3, 0.4) is 0 Å². The molecule has 1 aliphatic heterocycles. The molecule has 1 aliphatic rings. The number of piperazine rings is 1. The van der Waals surface area contributed by atoms with Crippen LogP contribution in [0.15, 0.2) is 12.1 Å². The highest BCUT2D eigenvalue weighted by molar-refractivity contribution is 5.21. The molecule has 1 saturated heterocycles. The van der Waals surface area contributed by atoms with Gasteiger partial charge in [-0.05, 0) is 37.1 Å². The summed E-state index contributed by atoms with van der Waals surface area (Å²) in [5.74, 6) is 0. The molecule has 3 N–H and O–H groups in total. The van der Waals surface area contributed by atoms with Gasteiger partial charge in [0.15, 0.2) is 0 Å². The number of pyridine rings is 1. The van der Waals surface area contributed by atoms with Gasteiger partial charge in [-0.3, -0.25) is 4.98 Å². The Labute approximate surface area is 149 Å². The summed E-state index contributed by atoms with van der Waals surface area (Å²) in [6.07, 6.45) is 2.06. The summed E-state index contributed by atoms with van der Waals surface area (Å²) in [4.78, 5) is 6.62. The van der Waals surface area contributed by atoms with Crippen LogP contribution in [0, 0.1) is 0 Å². The van der Waals surface area contributed by atoms with E-state index in [9.17, 15) is 0 Å². The summed E-state index contributed by atoms with van der Waals surface area (Å²) < 4.78 is 0. The largest absolute Gasteiger partial charge is 0.390 e. The summed E-state index contributed by atoms with van der Waals surface area (Å²) in [6, 6.07) is 3.85. The van der Waals surface area contributed by atoms with Gasteiger partial charge in [0.25, 0.3) is 0 Å². The molecule has 0 radical (unpaired) electrons. The van der Waals surface area contributed by atoms with Gasteiger partial charge in [-0.1, -0.05) is 35.1 Å². The number of aliphatic hydroxyl groups is 2. The predicted octanol–water partition coefficient (Wildman–Crippen LogP) is 2.59. The summed E-state index contributed by atoms with van der Waals surface area (Å²) in [5, 5.41) is 21.7. The van der Waals surface area contributed by atoms with E-state index in [2.05, 4.69) is 15.2 Å². The van der Waals surface area contributed by atoms with Crippen LogP contribution in [0.25, 0.3) is 0 Å². The Morgan fingerprint density at radius 2 is 1.50 bits per heavy atom. The molecule has 0 amide bonds. The first-order valence-electron chi connectivity index (χ1n) is 8.95. The zero-order valence-corrected chi connectivity index (χ0v) is 15.3. The Bertz CT molecular complexity index is 372. The van der Waals surface area contributed by atoms with Crippen LogP contribution in [-0.2, 0) is 19.6 Å². The van der Waals surface area contributed by atoms with E-state index in [1.165, 1.54) is 0 Å². The van der Waals surface area contributed by atoms with Crippen LogP contribution in [0.1, 0.15) is 58.5 Å². The highest BCUT2D eigenvalue weighted by Crippen LogP contribution is 2.10. The van der Waals surface area contributed by atoms with E-state index in [0.29, 0.717) is 11.4 Å². The average molecular weight is 342 g/mol. The number of aromatic nitrogens is 1. The summed E-state index contributed by atoms with van der Waals surface area (Å²) in [6.45, 7) is 13.4. The Morgan fingerprint density at radius 1 is 1.00 bits per heavy atom. The second-order valence-electron chi connectivity index (χ2n) is 4.97. The number of nitrogens with zero attached hydrogens (tertiary/aromatic N) is 2. The molecule has 0 bridgehead atoms. The molecule has 24 heavy (non-hydrogen) atoms. The molecule has 0 atom stereocenters. The molecule has 2 rings (SSSR count). The fourth-order valence-electron chi connectivity index (χ4n) is 2.47. The predicted molar refractivity (Wildman–Crippen MR) is 103 cm³/mol. The number of hydrogen-bond donors (Lipinski definition) is 3. The minimum absolute atomic E-state index is 0. The van der Waals surface area contributed by atoms with Gasteiger partial charge in [0.2, 0.25) is 0 Å². The Morgan fingerprint density at radius 3 is 1.96 bits per heavy atom. The quantitative estimate of drug-likeness (QED) is 0.742. The van der Waals surface area contributed by atoms with Gasteiger partial charge in [-0.2, -0.15) is 0 Å². The topological polar surface area (TPSA) is 68.6 Å². The van der Waals surface area contributed by atoms with Crippen molar-refractivity contribution in [3.63, 3.8) is 0 Å². The van der Waals surface area contributed by atoms with Crippen molar-refractivity contribution >= 4 is 0 Å². The maximum absolute atomic E-state index is 9.15. The number of nitrogens with one attached hydrogen (secondary N) is 1. The summed E-state index contributed by atoms with van der Waals surface area (Å²) in [5.41, 5.74) is 2.44. The highest BCUT2D eigenvalue weighted by Gasteiger charge is 2.09. The molecule has 1 aromatic rings. The summed E-state index contributed by atoms with van der Waals surface area (Å²) >= 11 is 0. The van der Waals surface area contributed by atoms with Gasteiger partial charge in [-0.25, -0.2) is 0 Å². The van der Waals surface area contributed by atoms with Crippen molar-refractivity contribution in [2.24, 2.45) is 0 Å². The molecule has 0 unspecified atom stereocenters. The molecule has 0 aromatic carbocycles. The van der Waals surface area contributed by atoms with Crippen molar-refractivity contribution in [1.82, 2.24) is 15.2 Å². The van der Waals surface area contributed by atoms with E-state index in [0.717, 1.165) is 51.1 Å². The number of rotatable bonds is 6. The molecule has 0 saturated carbocycles. The fourth-order valence-corrected chi connectivity index (χ4v) is 2.47. The van der Waals surface area contributed by atoms with Gasteiger partial charge < -0.3 is 20.4 Å². The van der Waals surface area contributed by atoms with E-state index in [-0.39, 0.29) is 20.6 Å². The molecule has 2 heterocycles. The molecule has 0 aliphatic carbocycles. The van der Waals surface area contributed by atoms with E-state index >= 15 is 0 Å². The van der Waals surface area contributed by atoms with Gasteiger partial charge >= 0.3 is 0 Å². The normalized spacial score (nSPS) is 13.8. The number of aliphatic hydroxyl groups excluding tert-OH is 2. The van der Waals surface area contributed by atoms with Crippen molar-refractivity contribution in [2.75, 3.05) is 32.7 Å². The maximum atomic E-state index is 9.15. The first-order chi connectivity index (χ1) is 11.3. The lowest BCUT2D eigenvalue weighted by molar-refractivity contribution is 0.238. The van der Waals surface area contributed by atoms with Crippen LogP contribution in [0.5, 0.6) is 0 Å². The standard InChI is InChI=1S/C14H23N3O2.2C2H6.CH4/c18-10-13-8-12(9-14(11-19)16-13)2-1-5-17-6-3-15-4-7-17;2*1-2;/h8-9,15,18-19H,1-7,10-11H2;2*1-2H3;1H4. The Hall–Kier alpha value is -1.01. The molecule has 1 aromatic heterocycles. The minimum Gasteiger partial charge on any atom is -0.390 e. The van der Waals surface area contributed by atoms with Crippen LogP contribution in [0.4, 0.5) is 0 Å².